The smallest absolute Gasteiger partial charge is 0.341 e. The molecule has 1 heterocycles. The number of nitrogens with zero attached hydrogens (tertiary/aromatic N) is 2. The molecule has 0 amide bonds. The van der Waals surface area contributed by atoms with Gasteiger partial charge >= 0.3 is 5.76 Å². The monoisotopic (exact) mass is 413 g/mol. The first kappa shape index (κ1) is 19.4. The van der Waals surface area contributed by atoms with Crippen LogP contribution in [0.1, 0.15) is 5.69 Å². The molecular weight excluding hydrogens is 403 g/mol. The van der Waals surface area contributed by atoms with Crippen LogP contribution in [0, 0.1) is 10.1 Å². The summed E-state index contributed by atoms with van der Waals surface area (Å²) in [6, 6.07) is 4.08. The Balaban J connectivity index is 2.35. The highest BCUT2D eigenvalue weighted by atomic mass is 35.5. The van der Waals surface area contributed by atoms with E-state index < -0.39 is 31.1 Å². The van der Waals surface area contributed by atoms with Crippen LogP contribution in [0.3, 0.4) is 0 Å². The average molecular weight is 414 g/mol. The Morgan fingerprint density at radius 1 is 1.32 bits per heavy atom. The van der Waals surface area contributed by atoms with Gasteiger partial charge in [-0.1, -0.05) is 23.2 Å². The lowest BCUT2D eigenvalue weighted by Crippen LogP contribution is -2.12. The molecule has 2 rings (SSSR count). The van der Waals surface area contributed by atoms with Crippen molar-refractivity contribution in [3.8, 4) is 0 Å². The lowest BCUT2D eigenvalue weighted by molar-refractivity contribution is -0.384. The molecule has 0 saturated carbocycles. The third-order valence-electron chi connectivity index (χ3n) is 3.40. The first-order chi connectivity index (χ1) is 11.6. The highest BCUT2D eigenvalue weighted by Gasteiger charge is 2.29. The van der Waals surface area contributed by atoms with Crippen LogP contribution >= 0.6 is 23.2 Å². The van der Waals surface area contributed by atoms with E-state index >= 15 is 0 Å². The minimum Gasteiger partial charge on any atom is -0.374 e. The summed E-state index contributed by atoms with van der Waals surface area (Å²) in [4.78, 5) is 9.45. The van der Waals surface area contributed by atoms with Crippen LogP contribution in [0.15, 0.2) is 29.2 Å². The van der Waals surface area contributed by atoms with Crippen molar-refractivity contribution < 1.29 is 22.1 Å². The van der Waals surface area contributed by atoms with Gasteiger partial charge in [-0.15, -0.1) is 0 Å². The van der Waals surface area contributed by atoms with Crippen LogP contribution in [0.25, 0.3) is 0 Å². The van der Waals surface area contributed by atoms with Crippen molar-refractivity contribution in [1.29, 1.82) is 0 Å². The summed E-state index contributed by atoms with van der Waals surface area (Å²) in [6.45, 7) is 0.0880. The zero-order valence-electron chi connectivity index (χ0n) is 12.5. The van der Waals surface area contributed by atoms with E-state index in [0.29, 0.717) is 16.8 Å². The molecule has 0 saturated heterocycles. The number of halogens is 4. The molecule has 0 unspecified atom stereocenters. The molecule has 0 aliphatic carbocycles. The highest BCUT2D eigenvalue weighted by Crippen LogP contribution is 2.31. The summed E-state index contributed by atoms with van der Waals surface area (Å²) in [5, 5.41) is 14.5. The third kappa shape index (κ3) is 3.86. The van der Waals surface area contributed by atoms with E-state index in [1.165, 1.54) is 0 Å². The summed E-state index contributed by atoms with van der Waals surface area (Å²) >= 11 is 11.8. The first-order valence-corrected chi connectivity index (χ1v) is 8.90. The van der Waals surface area contributed by atoms with Crippen molar-refractivity contribution in [2.24, 2.45) is 7.05 Å². The van der Waals surface area contributed by atoms with Crippen LogP contribution in [0.5, 0.6) is 0 Å². The predicted octanol–water partition coefficient (Wildman–Crippen LogP) is 3.85. The van der Waals surface area contributed by atoms with E-state index in [9.17, 15) is 27.3 Å². The van der Waals surface area contributed by atoms with Crippen LogP contribution in [-0.2, 0) is 23.4 Å². The maximum absolute atomic E-state index is 12.6. The number of nitro groups is 1. The molecule has 2 aromatic rings. The van der Waals surface area contributed by atoms with Crippen LogP contribution < -0.4 is 5.32 Å². The fraction of sp³-hybridized carbons (Fsp3) is 0.231. The zero-order valence-corrected chi connectivity index (χ0v) is 14.9. The maximum atomic E-state index is 12.6. The summed E-state index contributed by atoms with van der Waals surface area (Å²) < 4.78 is 49.6. The number of sulfone groups is 1. The number of hydrogen-bond acceptors (Lipinski definition) is 5. The average Bonchev–Trinajstić information content (AvgIpc) is 2.79. The van der Waals surface area contributed by atoms with E-state index in [-0.39, 0.29) is 17.4 Å². The molecule has 0 atom stereocenters. The third-order valence-corrected chi connectivity index (χ3v) is 5.63. The van der Waals surface area contributed by atoms with Crippen molar-refractivity contribution >= 4 is 44.4 Å². The molecule has 0 spiro atoms. The summed E-state index contributed by atoms with van der Waals surface area (Å²) in [7, 11) is -3.29. The number of aromatic nitrogens is 1. The number of hydrogen-bond donors (Lipinski definition) is 1. The van der Waals surface area contributed by atoms with Gasteiger partial charge in [-0.05, 0) is 18.2 Å². The molecule has 0 fully saturated rings. The lowest BCUT2D eigenvalue weighted by atomic mass is 10.2. The van der Waals surface area contributed by atoms with Crippen molar-refractivity contribution in [2.45, 2.75) is 17.2 Å². The quantitative estimate of drug-likeness (QED) is 0.573. The minimum absolute atomic E-state index is 0.0355. The molecule has 1 N–H and O–H groups in total. The Hall–Kier alpha value is -1.91. The van der Waals surface area contributed by atoms with Gasteiger partial charge in [-0.2, -0.15) is 8.78 Å². The van der Waals surface area contributed by atoms with Gasteiger partial charge in [0.2, 0.25) is 9.84 Å². The molecule has 1 aromatic heterocycles. The van der Waals surface area contributed by atoms with Gasteiger partial charge in [-0.25, -0.2) is 8.42 Å². The minimum atomic E-state index is -4.93. The molecule has 1 aromatic carbocycles. The molecule has 0 aliphatic rings. The van der Waals surface area contributed by atoms with E-state index in [4.69, 9.17) is 23.2 Å². The fourth-order valence-electron chi connectivity index (χ4n) is 2.04. The molecular formula is C13H11Cl2F2N3O4S. The highest BCUT2D eigenvalue weighted by molar-refractivity contribution is 7.91. The fourth-order valence-corrected chi connectivity index (χ4v) is 3.19. The predicted molar refractivity (Wildman–Crippen MR) is 89.0 cm³/mol. The van der Waals surface area contributed by atoms with E-state index in [1.54, 1.807) is 17.7 Å². The van der Waals surface area contributed by atoms with Gasteiger partial charge in [0.1, 0.15) is 10.8 Å². The van der Waals surface area contributed by atoms with E-state index in [1.807, 2.05) is 0 Å². The molecule has 7 nitrogen and oxygen atoms in total. The zero-order chi connectivity index (χ0) is 18.9. The Morgan fingerprint density at radius 3 is 2.44 bits per heavy atom. The van der Waals surface area contributed by atoms with Crippen molar-refractivity contribution in [1.82, 2.24) is 4.57 Å². The van der Waals surface area contributed by atoms with Crippen molar-refractivity contribution in [2.75, 3.05) is 5.32 Å². The van der Waals surface area contributed by atoms with E-state index in [0.717, 1.165) is 12.1 Å². The van der Waals surface area contributed by atoms with Gasteiger partial charge in [0.25, 0.3) is 5.69 Å². The Kier molecular flexibility index (Phi) is 5.55. The van der Waals surface area contributed by atoms with Crippen LogP contribution in [0.4, 0.5) is 20.2 Å². The summed E-state index contributed by atoms with van der Waals surface area (Å²) in [5.74, 6) is -3.67. The normalized spacial score (nSPS) is 11.8. The van der Waals surface area contributed by atoms with Gasteiger partial charge < -0.3 is 9.88 Å². The molecule has 136 valence electrons. The van der Waals surface area contributed by atoms with Crippen molar-refractivity contribution in [3.63, 3.8) is 0 Å². The number of alkyl halides is 2. The van der Waals surface area contributed by atoms with Gasteiger partial charge in [0, 0.05) is 18.8 Å². The van der Waals surface area contributed by atoms with Crippen molar-refractivity contribution in [3.05, 3.63) is 50.2 Å². The molecule has 12 heteroatoms. The molecule has 0 aliphatic heterocycles. The first-order valence-electron chi connectivity index (χ1n) is 6.59. The topological polar surface area (TPSA) is 94.2 Å². The second kappa shape index (κ2) is 7.14. The standard InChI is InChI=1S/C13H11Cl2F2N3O4S/c1-19-7(4-9(14)12(19)15)6-18-10-3-2-8(5-11(10)20(21)22)25(23,24)13(16)17/h2-5,13,18H,6H2,1H3. The maximum Gasteiger partial charge on any atom is 0.341 e. The lowest BCUT2D eigenvalue weighted by Gasteiger charge is -2.10. The largest absolute Gasteiger partial charge is 0.374 e. The number of nitrogens with one attached hydrogen (secondary N) is 1. The van der Waals surface area contributed by atoms with Crippen LogP contribution in [-0.4, -0.2) is 23.7 Å². The number of anilines is 1. The number of nitro benzene ring substituents is 1. The SMILES string of the molecule is Cn1c(CNc2ccc(S(=O)(=O)C(F)F)cc2[N+](=O)[O-])cc(Cl)c1Cl. The number of rotatable bonds is 6. The Labute approximate surface area is 151 Å². The molecule has 0 radical (unpaired) electrons. The van der Waals surface area contributed by atoms with Crippen LogP contribution in [0.2, 0.25) is 10.2 Å². The van der Waals surface area contributed by atoms with Gasteiger partial charge in [0.05, 0.1) is 21.4 Å². The Morgan fingerprint density at radius 2 is 1.96 bits per heavy atom. The summed E-state index contributed by atoms with van der Waals surface area (Å²) in [5.41, 5.74) is -0.0756. The second-order valence-electron chi connectivity index (χ2n) is 4.93. The summed E-state index contributed by atoms with van der Waals surface area (Å²) in [6.07, 6.45) is 0. The second-order valence-corrected chi connectivity index (χ2v) is 7.61. The number of benzene rings is 1. The van der Waals surface area contributed by atoms with Gasteiger partial charge in [0.15, 0.2) is 0 Å². The van der Waals surface area contributed by atoms with E-state index in [2.05, 4.69) is 5.32 Å². The molecule has 25 heavy (non-hydrogen) atoms. The Bertz CT molecular complexity index is 932. The van der Waals surface area contributed by atoms with Gasteiger partial charge in [-0.3, -0.25) is 10.1 Å². The molecule has 0 bridgehead atoms.